The van der Waals surface area contributed by atoms with Crippen molar-refractivity contribution in [1.29, 1.82) is 0 Å². The molecule has 3 nitrogen and oxygen atoms in total. The van der Waals surface area contributed by atoms with E-state index in [1.807, 2.05) is 0 Å². The second kappa shape index (κ2) is 8.76. The van der Waals surface area contributed by atoms with Crippen LogP contribution in [0.25, 0.3) is 0 Å². The Hall–Kier alpha value is -1.05. The topological polar surface area (TPSA) is 34.2 Å². The van der Waals surface area contributed by atoms with Gasteiger partial charge in [0.1, 0.15) is 16.9 Å². The molecule has 140 valence electrons. The second-order valence-corrected chi connectivity index (χ2v) is 6.98. The van der Waals surface area contributed by atoms with Gasteiger partial charge in [0, 0.05) is 11.9 Å². The number of pyridine rings is 1. The van der Waals surface area contributed by atoms with Gasteiger partial charge in [0.05, 0.1) is 20.6 Å². The normalized spacial score (nSPS) is 11.2. The van der Waals surface area contributed by atoms with Gasteiger partial charge in [-0.15, -0.1) is 0 Å². The first-order valence-electron chi connectivity index (χ1n) is 6.70. The van der Waals surface area contributed by atoms with Crippen LogP contribution in [-0.4, -0.2) is 11.6 Å². The van der Waals surface area contributed by atoms with Gasteiger partial charge in [-0.25, -0.2) is 4.98 Å². The lowest BCUT2D eigenvalue weighted by Gasteiger charge is -2.13. The molecule has 0 fully saturated rings. The Balaban J connectivity index is 2.22. The molecule has 1 aromatic heterocycles. The number of ether oxygens (including phenoxy) is 1. The monoisotopic (exact) mass is 464 g/mol. The molecule has 0 aliphatic heterocycles. The highest BCUT2D eigenvalue weighted by Crippen LogP contribution is 2.38. The smallest absolute Gasteiger partial charge is 0.417 e. The summed E-state index contributed by atoms with van der Waals surface area (Å²) < 4.78 is 43.3. The average Bonchev–Trinajstić information content (AvgIpc) is 2.50. The summed E-state index contributed by atoms with van der Waals surface area (Å²) in [4.78, 5) is 3.67. The van der Waals surface area contributed by atoms with Crippen molar-refractivity contribution >= 4 is 69.5 Å². The van der Waals surface area contributed by atoms with Crippen LogP contribution in [0, 0.1) is 0 Å². The Morgan fingerprint density at radius 1 is 1.08 bits per heavy atom. The van der Waals surface area contributed by atoms with E-state index >= 15 is 0 Å². The first-order valence-corrected chi connectivity index (χ1v) is 8.59. The highest BCUT2D eigenvalue weighted by Gasteiger charge is 2.31. The van der Waals surface area contributed by atoms with E-state index in [-0.39, 0.29) is 37.7 Å². The number of nitrogens with zero attached hydrogens (tertiary/aromatic N) is 1. The van der Waals surface area contributed by atoms with E-state index in [2.05, 4.69) is 10.3 Å². The molecule has 0 radical (unpaired) electrons. The van der Waals surface area contributed by atoms with E-state index in [0.717, 1.165) is 6.07 Å². The molecule has 0 spiro atoms. The van der Waals surface area contributed by atoms with Gasteiger partial charge in [-0.05, 0) is 24.3 Å². The summed E-state index contributed by atoms with van der Waals surface area (Å²) in [7, 11) is 0. The first-order chi connectivity index (χ1) is 12.1. The Morgan fingerprint density at radius 2 is 1.69 bits per heavy atom. The van der Waals surface area contributed by atoms with Crippen LogP contribution in [0.15, 0.2) is 35.0 Å². The van der Waals surface area contributed by atoms with Crippen LogP contribution < -0.4 is 10.1 Å². The summed E-state index contributed by atoms with van der Waals surface area (Å²) in [5.74, 6) is 0.202. The molecule has 2 rings (SSSR count). The third kappa shape index (κ3) is 5.72. The van der Waals surface area contributed by atoms with E-state index in [1.165, 1.54) is 18.2 Å². The van der Waals surface area contributed by atoms with E-state index < -0.39 is 11.7 Å². The highest BCUT2D eigenvalue weighted by molar-refractivity contribution is 6.55. The van der Waals surface area contributed by atoms with Crippen LogP contribution in [0.3, 0.4) is 0 Å². The fourth-order valence-electron chi connectivity index (χ4n) is 1.78. The van der Waals surface area contributed by atoms with E-state index in [9.17, 15) is 13.2 Å². The Morgan fingerprint density at radius 3 is 2.19 bits per heavy atom. The van der Waals surface area contributed by atoms with Crippen molar-refractivity contribution in [2.45, 2.75) is 6.18 Å². The second-order valence-electron chi connectivity index (χ2n) is 4.75. The van der Waals surface area contributed by atoms with Crippen LogP contribution >= 0.6 is 58.0 Å². The van der Waals surface area contributed by atoms with E-state index in [1.54, 1.807) is 0 Å². The molecule has 0 bridgehead atoms. The van der Waals surface area contributed by atoms with Crippen molar-refractivity contribution in [3.63, 3.8) is 0 Å². The van der Waals surface area contributed by atoms with Crippen LogP contribution in [0.2, 0.25) is 15.1 Å². The molecule has 0 amide bonds. The van der Waals surface area contributed by atoms with Crippen LogP contribution in [0.4, 0.5) is 24.7 Å². The van der Waals surface area contributed by atoms with Gasteiger partial charge in [0.25, 0.3) is 0 Å². The lowest BCUT2D eigenvalue weighted by atomic mass is 10.2. The third-order valence-electron chi connectivity index (χ3n) is 2.89. The van der Waals surface area contributed by atoms with Crippen LogP contribution in [-0.2, 0) is 6.18 Å². The van der Waals surface area contributed by atoms with Gasteiger partial charge in [0.15, 0.2) is 5.75 Å². The molecule has 26 heavy (non-hydrogen) atoms. The summed E-state index contributed by atoms with van der Waals surface area (Å²) in [6.07, 6.45) is -2.48. The van der Waals surface area contributed by atoms with Gasteiger partial charge in [-0.3, -0.25) is 0 Å². The molecule has 11 heteroatoms. The molecule has 0 atom stereocenters. The highest BCUT2D eigenvalue weighted by atomic mass is 35.5. The number of anilines is 2. The number of aromatic nitrogens is 1. The van der Waals surface area contributed by atoms with Gasteiger partial charge in [-0.2, -0.15) is 13.2 Å². The minimum atomic E-state index is -4.54. The third-order valence-corrected chi connectivity index (χ3v) is 4.05. The fourth-order valence-corrected chi connectivity index (χ4v) is 2.72. The van der Waals surface area contributed by atoms with Crippen molar-refractivity contribution in [3.8, 4) is 5.75 Å². The largest absolute Gasteiger partial charge is 0.486 e. The SMILES string of the molecule is FC(F)(F)c1cnc(Nc2cc(Cl)c(OCC=C(Cl)Cl)c(Cl)c2)c(Cl)c1. The number of benzene rings is 1. The number of alkyl halides is 3. The van der Waals surface area contributed by atoms with Crippen molar-refractivity contribution in [2.75, 3.05) is 11.9 Å². The maximum absolute atomic E-state index is 12.6. The van der Waals surface area contributed by atoms with Crippen LogP contribution in [0.1, 0.15) is 5.56 Å². The predicted molar refractivity (Wildman–Crippen MR) is 99.3 cm³/mol. The minimum absolute atomic E-state index is 0.0114. The molecular weight excluding hydrogens is 458 g/mol. The zero-order valence-corrected chi connectivity index (χ0v) is 16.3. The molecular formula is C15H8Cl5F3N2O. The Kier molecular flexibility index (Phi) is 7.16. The molecule has 0 aliphatic rings. The van der Waals surface area contributed by atoms with Gasteiger partial charge >= 0.3 is 6.18 Å². The summed E-state index contributed by atoms with van der Waals surface area (Å²) >= 11 is 29.0. The van der Waals surface area contributed by atoms with Gasteiger partial charge in [-0.1, -0.05) is 58.0 Å². The summed E-state index contributed by atoms with van der Waals surface area (Å²) in [5.41, 5.74) is -0.605. The zero-order chi connectivity index (χ0) is 19.5. The molecule has 0 aliphatic carbocycles. The molecule has 1 aromatic carbocycles. The van der Waals surface area contributed by atoms with Gasteiger partial charge in [0.2, 0.25) is 0 Å². The molecule has 0 unspecified atom stereocenters. The summed E-state index contributed by atoms with van der Waals surface area (Å²) in [5, 5.41) is 2.84. The zero-order valence-electron chi connectivity index (χ0n) is 12.5. The lowest BCUT2D eigenvalue weighted by Crippen LogP contribution is -2.06. The Labute approximate surface area is 171 Å². The van der Waals surface area contributed by atoms with E-state index in [0.29, 0.717) is 11.9 Å². The molecule has 0 saturated carbocycles. The summed E-state index contributed by atoms with van der Waals surface area (Å²) in [6, 6.07) is 3.66. The van der Waals surface area contributed by atoms with Crippen molar-refractivity contribution in [2.24, 2.45) is 0 Å². The fraction of sp³-hybridized carbons (Fsp3) is 0.133. The van der Waals surface area contributed by atoms with E-state index in [4.69, 9.17) is 62.7 Å². The maximum atomic E-state index is 12.6. The number of halogens is 8. The van der Waals surface area contributed by atoms with Gasteiger partial charge < -0.3 is 10.1 Å². The average molecular weight is 467 g/mol. The first kappa shape index (κ1) is 21.3. The minimum Gasteiger partial charge on any atom is -0.486 e. The van der Waals surface area contributed by atoms with Crippen molar-refractivity contribution in [3.05, 3.63) is 55.6 Å². The van der Waals surface area contributed by atoms with Crippen LogP contribution in [0.5, 0.6) is 5.75 Å². The Bertz CT molecular complexity index is 816. The standard InChI is InChI=1S/C15H8Cl5F3N2O/c16-9-4-8(5-10(17)13(9)26-2-1-12(19)20)25-14-11(18)3-7(6-24-14)15(21,22)23/h1,3-6H,2H2,(H,24,25). The molecule has 0 saturated heterocycles. The number of hydrogen-bond acceptors (Lipinski definition) is 3. The molecule has 2 aromatic rings. The van der Waals surface area contributed by atoms with Crippen molar-refractivity contribution in [1.82, 2.24) is 4.98 Å². The number of rotatable bonds is 5. The predicted octanol–water partition coefficient (Wildman–Crippen LogP) is 7.50. The maximum Gasteiger partial charge on any atom is 0.417 e. The summed E-state index contributed by atoms with van der Waals surface area (Å²) in [6.45, 7) is 0.0425. The number of nitrogens with one attached hydrogen (secondary N) is 1. The molecule has 1 heterocycles. The molecule has 1 N–H and O–H groups in total. The number of hydrogen-bond donors (Lipinski definition) is 1. The quantitative estimate of drug-likeness (QED) is 0.495. The van der Waals surface area contributed by atoms with Crippen molar-refractivity contribution < 1.29 is 17.9 Å². The lowest BCUT2D eigenvalue weighted by molar-refractivity contribution is -0.137.